The standard InChI is InChI=1S/C23H30F3NO6P/c1-30-18-7-6-17(21(13-18)31-2)4-3-11-32-20-8-5-16(12-19(20)23(24,25)26)9-10-22(27,14-28)15-33-34-29/h5-8,12-13,28,34H,3-4,9-11,14-15,27H2,1-2H3/q+1. The van der Waals surface area contributed by atoms with Crippen LogP contribution < -0.4 is 19.9 Å². The molecule has 188 valence electrons. The Morgan fingerprint density at radius 1 is 1.03 bits per heavy atom. The molecular formula is C23H30F3NO6P+. The Hall–Kier alpha value is -2.39. The lowest BCUT2D eigenvalue weighted by atomic mass is 9.93. The Morgan fingerprint density at radius 2 is 1.79 bits per heavy atom. The van der Waals surface area contributed by atoms with Crippen LogP contribution in [0.4, 0.5) is 13.2 Å². The van der Waals surface area contributed by atoms with Crippen LogP contribution in [0.15, 0.2) is 36.4 Å². The van der Waals surface area contributed by atoms with Crippen LogP contribution in [-0.4, -0.2) is 44.7 Å². The highest BCUT2D eigenvalue weighted by atomic mass is 31.1. The maximum Gasteiger partial charge on any atom is 0.494 e. The van der Waals surface area contributed by atoms with E-state index in [1.807, 2.05) is 6.07 Å². The Labute approximate surface area is 198 Å². The molecule has 0 aromatic heterocycles. The zero-order valence-electron chi connectivity index (χ0n) is 19.1. The summed E-state index contributed by atoms with van der Waals surface area (Å²) in [5, 5.41) is 9.46. The van der Waals surface area contributed by atoms with Crippen molar-refractivity contribution in [2.45, 2.75) is 37.4 Å². The molecule has 11 heteroatoms. The molecule has 0 aliphatic rings. The third kappa shape index (κ3) is 8.13. The van der Waals surface area contributed by atoms with Crippen LogP contribution in [0.25, 0.3) is 0 Å². The minimum atomic E-state index is -4.60. The summed E-state index contributed by atoms with van der Waals surface area (Å²) in [7, 11) is 2.05. The van der Waals surface area contributed by atoms with Crippen molar-refractivity contribution >= 4 is 8.69 Å². The molecule has 2 rings (SSSR count). The Kier molecular flexibility index (Phi) is 10.6. The fourth-order valence-corrected chi connectivity index (χ4v) is 3.69. The second kappa shape index (κ2) is 12.9. The van der Waals surface area contributed by atoms with Gasteiger partial charge in [-0.2, -0.15) is 13.2 Å². The first kappa shape index (κ1) is 27.9. The van der Waals surface area contributed by atoms with Gasteiger partial charge in [0, 0.05) is 6.07 Å². The maximum atomic E-state index is 13.7. The summed E-state index contributed by atoms with van der Waals surface area (Å²) in [6, 6.07) is 9.23. The molecule has 0 aliphatic heterocycles. The molecule has 0 bridgehead atoms. The average molecular weight is 504 g/mol. The number of hydrogen-bond donors (Lipinski definition) is 2. The van der Waals surface area contributed by atoms with Crippen LogP contribution >= 0.6 is 8.69 Å². The van der Waals surface area contributed by atoms with E-state index in [1.165, 1.54) is 12.1 Å². The predicted octanol–water partition coefficient (Wildman–Crippen LogP) is 4.31. The van der Waals surface area contributed by atoms with Crippen LogP contribution in [0.5, 0.6) is 17.2 Å². The molecule has 0 heterocycles. The van der Waals surface area contributed by atoms with E-state index in [9.17, 15) is 22.8 Å². The number of benzene rings is 2. The quantitative estimate of drug-likeness (QED) is 0.292. The number of hydrogen-bond acceptors (Lipinski definition) is 7. The molecule has 0 spiro atoms. The number of alkyl halides is 3. The Morgan fingerprint density at radius 3 is 2.41 bits per heavy atom. The molecule has 0 radical (unpaired) electrons. The van der Waals surface area contributed by atoms with E-state index in [1.54, 1.807) is 26.4 Å². The Balaban J connectivity index is 2.03. The van der Waals surface area contributed by atoms with Crippen molar-refractivity contribution < 1.29 is 41.6 Å². The summed E-state index contributed by atoms with van der Waals surface area (Å²) >= 11 is 0. The first-order valence-corrected chi connectivity index (χ1v) is 11.4. The van der Waals surface area contributed by atoms with Crippen molar-refractivity contribution in [3.63, 3.8) is 0 Å². The van der Waals surface area contributed by atoms with Crippen LogP contribution in [0.1, 0.15) is 29.5 Å². The molecule has 2 atom stereocenters. The number of rotatable bonds is 14. The molecule has 0 amide bonds. The van der Waals surface area contributed by atoms with Crippen LogP contribution in [0.2, 0.25) is 0 Å². The average Bonchev–Trinajstić information content (AvgIpc) is 2.83. The number of nitrogens with two attached hydrogens (primary N) is 1. The third-order valence-electron chi connectivity index (χ3n) is 5.34. The van der Waals surface area contributed by atoms with E-state index in [-0.39, 0.29) is 31.8 Å². The second-order valence-electron chi connectivity index (χ2n) is 7.85. The summed E-state index contributed by atoms with van der Waals surface area (Å²) in [5.41, 5.74) is 5.18. The fraction of sp³-hybridized carbons (Fsp3) is 0.478. The molecule has 2 unspecified atom stereocenters. The van der Waals surface area contributed by atoms with Gasteiger partial charge in [-0.3, -0.25) is 0 Å². The van der Waals surface area contributed by atoms with Gasteiger partial charge in [0.05, 0.1) is 38.5 Å². The molecule has 3 N–H and O–H groups in total. The summed E-state index contributed by atoms with van der Waals surface area (Å²) in [6.07, 6.45) is -3.25. The lowest BCUT2D eigenvalue weighted by molar-refractivity contribution is -0.139. The van der Waals surface area contributed by atoms with Gasteiger partial charge in [-0.25, -0.2) is 0 Å². The molecule has 0 aliphatic carbocycles. The van der Waals surface area contributed by atoms with E-state index >= 15 is 0 Å². The second-order valence-corrected chi connectivity index (χ2v) is 8.31. The zero-order chi connectivity index (χ0) is 25.2. The summed E-state index contributed by atoms with van der Waals surface area (Å²) < 4.78 is 72.2. The van der Waals surface area contributed by atoms with Gasteiger partial charge in [-0.05, 0) is 59.6 Å². The van der Waals surface area contributed by atoms with Crippen molar-refractivity contribution in [3.05, 3.63) is 53.1 Å². The van der Waals surface area contributed by atoms with E-state index < -0.39 is 32.6 Å². The van der Waals surface area contributed by atoms with Crippen molar-refractivity contribution in [2.24, 2.45) is 5.73 Å². The monoisotopic (exact) mass is 504 g/mol. The van der Waals surface area contributed by atoms with Gasteiger partial charge in [-0.15, -0.1) is 4.52 Å². The molecule has 0 fully saturated rings. The number of methoxy groups -OCH3 is 2. The van der Waals surface area contributed by atoms with Crippen molar-refractivity contribution in [1.29, 1.82) is 0 Å². The largest absolute Gasteiger partial charge is 0.497 e. The van der Waals surface area contributed by atoms with Crippen molar-refractivity contribution in [3.8, 4) is 17.2 Å². The molecule has 34 heavy (non-hydrogen) atoms. The van der Waals surface area contributed by atoms with Gasteiger partial charge in [0.15, 0.2) is 0 Å². The molecular weight excluding hydrogens is 474 g/mol. The normalized spacial score (nSPS) is 13.5. The van der Waals surface area contributed by atoms with Gasteiger partial charge in [0.2, 0.25) is 0 Å². The Bertz CT molecular complexity index is 943. The van der Waals surface area contributed by atoms with Gasteiger partial charge >= 0.3 is 14.9 Å². The van der Waals surface area contributed by atoms with E-state index in [0.29, 0.717) is 29.9 Å². The topological polar surface area (TPSA) is 100 Å². The predicted molar refractivity (Wildman–Crippen MR) is 122 cm³/mol. The van der Waals surface area contributed by atoms with Crippen LogP contribution in [0.3, 0.4) is 0 Å². The number of aryl methyl sites for hydroxylation is 2. The van der Waals surface area contributed by atoms with Crippen molar-refractivity contribution in [1.82, 2.24) is 0 Å². The lowest BCUT2D eigenvalue weighted by Crippen LogP contribution is -2.47. The number of ether oxygens (including phenoxy) is 3. The minimum Gasteiger partial charge on any atom is -0.497 e. The first-order chi connectivity index (χ1) is 16.2. The van der Waals surface area contributed by atoms with Gasteiger partial charge in [0.25, 0.3) is 0 Å². The summed E-state index contributed by atoms with van der Waals surface area (Å²) in [4.78, 5) is 0. The molecule has 0 saturated carbocycles. The third-order valence-corrected chi connectivity index (χ3v) is 5.60. The molecule has 7 nitrogen and oxygen atoms in total. The maximum absolute atomic E-state index is 13.7. The lowest BCUT2D eigenvalue weighted by Gasteiger charge is -2.24. The number of aliphatic hydroxyl groups excluding tert-OH is 1. The van der Waals surface area contributed by atoms with Gasteiger partial charge < -0.3 is 25.1 Å². The van der Waals surface area contributed by atoms with Crippen LogP contribution in [-0.2, 0) is 28.1 Å². The highest BCUT2D eigenvalue weighted by Gasteiger charge is 2.35. The van der Waals surface area contributed by atoms with E-state index in [4.69, 9.17) is 24.5 Å². The number of aliphatic hydroxyl groups is 1. The van der Waals surface area contributed by atoms with Gasteiger partial charge in [-0.1, -0.05) is 12.1 Å². The van der Waals surface area contributed by atoms with Gasteiger partial charge in [0.1, 0.15) is 23.9 Å². The number of halogens is 3. The minimum absolute atomic E-state index is 0.0847. The first-order valence-electron chi connectivity index (χ1n) is 10.6. The van der Waals surface area contributed by atoms with E-state index in [2.05, 4.69) is 0 Å². The molecule has 2 aromatic carbocycles. The fourth-order valence-electron chi connectivity index (χ4n) is 3.35. The SMILES string of the molecule is COc1ccc(CCCOc2ccc(CCC(N)(CO)CO[PH+]=O)cc2C(F)(F)F)c(OC)c1. The zero-order valence-corrected chi connectivity index (χ0v) is 20.1. The van der Waals surface area contributed by atoms with Crippen LogP contribution in [0, 0.1) is 0 Å². The smallest absolute Gasteiger partial charge is 0.494 e. The molecule has 0 saturated heterocycles. The highest BCUT2D eigenvalue weighted by molar-refractivity contribution is 7.17. The molecule has 2 aromatic rings. The summed E-state index contributed by atoms with van der Waals surface area (Å²) in [5.74, 6) is 1.03. The van der Waals surface area contributed by atoms with E-state index in [0.717, 1.165) is 11.6 Å². The summed E-state index contributed by atoms with van der Waals surface area (Å²) in [6.45, 7) is -0.539. The van der Waals surface area contributed by atoms with Crippen molar-refractivity contribution in [2.75, 3.05) is 34.0 Å². The highest BCUT2D eigenvalue weighted by Crippen LogP contribution is 2.37.